The van der Waals surface area contributed by atoms with Crippen LogP contribution in [0.1, 0.15) is 41.4 Å². The van der Waals surface area contributed by atoms with E-state index in [4.69, 9.17) is 14.9 Å². The number of fused-ring (bicyclic) bond motifs is 1. The van der Waals surface area contributed by atoms with E-state index < -0.39 is 23.9 Å². The summed E-state index contributed by atoms with van der Waals surface area (Å²) in [5.41, 5.74) is 2.39. The number of hydrogen-bond donors (Lipinski definition) is 2. The van der Waals surface area contributed by atoms with E-state index in [0.717, 1.165) is 0 Å². The van der Waals surface area contributed by atoms with Gasteiger partial charge in [-0.2, -0.15) is 0 Å². The van der Waals surface area contributed by atoms with Gasteiger partial charge in [-0.25, -0.2) is 19.2 Å². The van der Waals surface area contributed by atoms with Crippen molar-refractivity contribution in [2.24, 2.45) is 0 Å². The summed E-state index contributed by atoms with van der Waals surface area (Å²) >= 11 is 0. The third kappa shape index (κ3) is 3.04. The van der Waals surface area contributed by atoms with E-state index in [9.17, 15) is 19.2 Å². The number of cyclic esters (lactones) is 2. The number of hydrogen-bond acceptors (Lipinski definition) is 5. The standard InChI is InChI=1S/C22H12O7/c23-19(24)13-5-1-11(2-6-13)15-9-10-16(18-17(15)21(27)29-22(18)28)12-3-7-14(8-4-12)20(25)26/h1-10H,(H,23,24)(H,25,26). The molecule has 1 aliphatic heterocycles. The molecule has 0 spiro atoms. The molecule has 7 nitrogen and oxygen atoms in total. The summed E-state index contributed by atoms with van der Waals surface area (Å²) in [6, 6.07) is 15.1. The summed E-state index contributed by atoms with van der Waals surface area (Å²) in [4.78, 5) is 46.8. The number of aromatic carboxylic acids is 2. The number of benzene rings is 3. The van der Waals surface area contributed by atoms with Gasteiger partial charge in [0.25, 0.3) is 0 Å². The van der Waals surface area contributed by atoms with E-state index in [2.05, 4.69) is 0 Å². The highest BCUT2D eigenvalue weighted by Gasteiger charge is 2.35. The topological polar surface area (TPSA) is 118 Å². The summed E-state index contributed by atoms with van der Waals surface area (Å²) in [6.45, 7) is 0. The van der Waals surface area contributed by atoms with Gasteiger partial charge in [-0.15, -0.1) is 0 Å². The fraction of sp³-hybridized carbons (Fsp3) is 0. The molecule has 3 aromatic rings. The van der Waals surface area contributed by atoms with Crippen LogP contribution in [-0.4, -0.2) is 34.1 Å². The molecule has 0 aliphatic carbocycles. The van der Waals surface area contributed by atoms with E-state index in [0.29, 0.717) is 22.3 Å². The van der Waals surface area contributed by atoms with Crippen molar-refractivity contribution in [1.82, 2.24) is 0 Å². The number of rotatable bonds is 4. The van der Waals surface area contributed by atoms with Crippen LogP contribution in [0.5, 0.6) is 0 Å². The molecule has 0 amide bonds. The summed E-state index contributed by atoms with van der Waals surface area (Å²) in [7, 11) is 0. The number of carbonyl (C=O) groups excluding carboxylic acids is 2. The first-order valence-corrected chi connectivity index (χ1v) is 8.48. The van der Waals surface area contributed by atoms with E-state index in [1.807, 2.05) is 0 Å². The molecule has 2 N–H and O–H groups in total. The maximum Gasteiger partial charge on any atom is 0.347 e. The first-order valence-electron chi connectivity index (χ1n) is 8.48. The number of carbonyl (C=O) groups is 4. The zero-order valence-corrected chi connectivity index (χ0v) is 14.7. The quantitative estimate of drug-likeness (QED) is 0.516. The zero-order valence-electron chi connectivity index (χ0n) is 14.7. The number of ether oxygens (including phenoxy) is 1. The Labute approximate surface area is 163 Å². The molecule has 29 heavy (non-hydrogen) atoms. The van der Waals surface area contributed by atoms with Gasteiger partial charge in [-0.1, -0.05) is 36.4 Å². The van der Waals surface area contributed by atoms with Crippen LogP contribution in [0.15, 0.2) is 60.7 Å². The van der Waals surface area contributed by atoms with Crippen molar-refractivity contribution >= 4 is 23.9 Å². The number of carboxylic acid groups (broad SMARTS) is 2. The summed E-state index contributed by atoms with van der Waals surface area (Å²) in [5.74, 6) is -3.72. The highest BCUT2D eigenvalue weighted by atomic mass is 16.6. The highest BCUT2D eigenvalue weighted by Crippen LogP contribution is 2.38. The zero-order chi connectivity index (χ0) is 20.7. The Kier molecular flexibility index (Phi) is 4.20. The third-order valence-corrected chi connectivity index (χ3v) is 4.68. The molecule has 1 aliphatic rings. The Morgan fingerprint density at radius 1 is 0.586 bits per heavy atom. The Balaban J connectivity index is 1.87. The van der Waals surface area contributed by atoms with Gasteiger partial charge in [0.1, 0.15) is 0 Å². The summed E-state index contributed by atoms with van der Waals surface area (Å²) in [5, 5.41) is 18.1. The average Bonchev–Trinajstić information content (AvgIpc) is 3.02. The van der Waals surface area contributed by atoms with Gasteiger partial charge in [-0.3, -0.25) is 0 Å². The van der Waals surface area contributed by atoms with Crippen LogP contribution in [-0.2, 0) is 4.74 Å². The Hall–Kier alpha value is -4.26. The molecule has 0 saturated carbocycles. The van der Waals surface area contributed by atoms with Gasteiger partial charge >= 0.3 is 23.9 Å². The number of esters is 2. The van der Waals surface area contributed by atoms with Crippen molar-refractivity contribution in [3.63, 3.8) is 0 Å². The Bertz CT molecular complexity index is 1090. The predicted molar refractivity (Wildman–Crippen MR) is 101 cm³/mol. The summed E-state index contributed by atoms with van der Waals surface area (Å²) < 4.78 is 4.81. The van der Waals surface area contributed by atoms with Crippen LogP contribution in [0.3, 0.4) is 0 Å². The Morgan fingerprint density at radius 2 is 0.931 bits per heavy atom. The van der Waals surface area contributed by atoms with E-state index in [1.165, 1.54) is 24.3 Å². The lowest BCUT2D eigenvalue weighted by Gasteiger charge is -2.11. The lowest BCUT2D eigenvalue weighted by Crippen LogP contribution is -2.00. The molecule has 0 saturated heterocycles. The van der Waals surface area contributed by atoms with Crippen LogP contribution in [0.2, 0.25) is 0 Å². The Morgan fingerprint density at radius 3 is 1.24 bits per heavy atom. The molecule has 0 radical (unpaired) electrons. The monoisotopic (exact) mass is 388 g/mol. The minimum absolute atomic E-state index is 0.0953. The van der Waals surface area contributed by atoms with Crippen LogP contribution in [0.4, 0.5) is 0 Å². The molecule has 1 heterocycles. The molecule has 0 aromatic heterocycles. The number of carboxylic acids is 2. The minimum Gasteiger partial charge on any atom is -0.478 e. The normalized spacial score (nSPS) is 12.4. The van der Waals surface area contributed by atoms with Gasteiger partial charge < -0.3 is 14.9 Å². The molecule has 0 unspecified atom stereocenters. The van der Waals surface area contributed by atoms with Crippen molar-refractivity contribution < 1.29 is 34.1 Å². The lowest BCUT2D eigenvalue weighted by atomic mass is 9.90. The largest absolute Gasteiger partial charge is 0.478 e. The van der Waals surface area contributed by atoms with Crippen molar-refractivity contribution in [2.75, 3.05) is 0 Å². The molecule has 3 aromatic carbocycles. The molecule has 7 heteroatoms. The van der Waals surface area contributed by atoms with Crippen molar-refractivity contribution in [3.8, 4) is 22.3 Å². The van der Waals surface area contributed by atoms with Crippen LogP contribution in [0, 0.1) is 0 Å². The molecule has 0 bridgehead atoms. The maximum absolute atomic E-state index is 12.4. The van der Waals surface area contributed by atoms with Gasteiger partial charge in [0.15, 0.2) is 0 Å². The second kappa shape index (κ2) is 6.72. The molecule has 0 atom stereocenters. The van der Waals surface area contributed by atoms with Crippen molar-refractivity contribution in [2.45, 2.75) is 0 Å². The van der Waals surface area contributed by atoms with Gasteiger partial charge in [-0.05, 0) is 46.5 Å². The van der Waals surface area contributed by atoms with Gasteiger partial charge in [0.05, 0.1) is 22.3 Å². The summed E-state index contributed by atoms with van der Waals surface area (Å²) in [6.07, 6.45) is 0. The van der Waals surface area contributed by atoms with E-state index in [1.54, 1.807) is 36.4 Å². The van der Waals surface area contributed by atoms with Crippen molar-refractivity contribution in [1.29, 1.82) is 0 Å². The van der Waals surface area contributed by atoms with Crippen molar-refractivity contribution in [3.05, 3.63) is 82.9 Å². The fourth-order valence-electron chi connectivity index (χ4n) is 3.28. The van der Waals surface area contributed by atoms with Crippen LogP contribution in [0.25, 0.3) is 22.3 Å². The minimum atomic E-state index is -1.07. The van der Waals surface area contributed by atoms with Gasteiger partial charge in [0, 0.05) is 0 Å². The highest BCUT2D eigenvalue weighted by molar-refractivity contribution is 6.21. The second-order valence-electron chi connectivity index (χ2n) is 6.35. The average molecular weight is 388 g/mol. The smallest absolute Gasteiger partial charge is 0.347 e. The SMILES string of the molecule is O=C(O)c1ccc(-c2ccc(-c3ccc(C(=O)O)cc3)c3c2C(=O)OC3=O)cc1. The molecular formula is C22H12O7. The van der Waals surface area contributed by atoms with Gasteiger partial charge in [0.2, 0.25) is 0 Å². The second-order valence-corrected chi connectivity index (χ2v) is 6.35. The first kappa shape index (κ1) is 18.1. The molecule has 142 valence electrons. The molecule has 0 fully saturated rings. The molecule has 4 rings (SSSR count). The fourth-order valence-corrected chi connectivity index (χ4v) is 3.28. The van der Waals surface area contributed by atoms with Crippen LogP contribution < -0.4 is 0 Å². The third-order valence-electron chi connectivity index (χ3n) is 4.68. The predicted octanol–water partition coefficient (Wildman–Crippen LogP) is 3.73. The van der Waals surface area contributed by atoms with Crippen LogP contribution >= 0.6 is 0 Å². The first-order chi connectivity index (χ1) is 13.9. The van der Waals surface area contributed by atoms with E-state index >= 15 is 0 Å². The van der Waals surface area contributed by atoms with E-state index in [-0.39, 0.29) is 22.3 Å². The lowest BCUT2D eigenvalue weighted by molar-refractivity contribution is 0.0443. The maximum atomic E-state index is 12.4. The molecular weight excluding hydrogens is 376 g/mol.